The van der Waals surface area contributed by atoms with E-state index in [2.05, 4.69) is 16.7 Å². The van der Waals surface area contributed by atoms with Crippen LogP contribution in [0.2, 0.25) is 0 Å². The topological polar surface area (TPSA) is 63.9 Å². The van der Waals surface area contributed by atoms with Crippen LogP contribution in [0.15, 0.2) is 71.5 Å². The summed E-state index contributed by atoms with van der Waals surface area (Å²) in [6, 6.07) is 21.9. The number of aryl methyl sites for hydroxylation is 1. The summed E-state index contributed by atoms with van der Waals surface area (Å²) in [6.45, 7) is 2.45. The Labute approximate surface area is 215 Å². The lowest BCUT2D eigenvalue weighted by Crippen LogP contribution is -2.20. The van der Waals surface area contributed by atoms with Gasteiger partial charge in [-0.25, -0.2) is 0 Å². The first-order chi connectivity index (χ1) is 18.1. The molecule has 0 N–H and O–H groups in total. The number of ether oxygens (including phenoxy) is 4. The SMILES string of the molecule is CCn1c(=O)c2cc(Cc3ccccc3)n(-c3cccc(OC)c3)c2c2c(OC)c(OC)c(OC)cc21. The van der Waals surface area contributed by atoms with Crippen molar-refractivity contribution >= 4 is 21.8 Å². The quantitative estimate of drug-likeness (QED) is 0.279. The van der Waals surface area contributed by atoms with E-state index in [4.69, 9.17) is 18.9 Å². The first kappa shape index (κ1) is 24.3. The van der Waals surface area contributed by atoms with Crippen LogP contribution in [0.3, 0.4) is 0 Å². The van der Waals surface area contributed by atoms with Crippen molar-refractivity contribution < 1.29 is 18.9 Å². The molecule has 7 nitrogen and oxygen atoms in total. The summed E-state index contributed by atoms with van der Waals surface area (Å²) >= 11 is 0. The Morgan fingerprint density at radius 1 is 0.784 bits per heavy atom. The molecule has 0 atom stereocenters. The van der Waals surface area contributed by atoms with Gasteiger partial charge in [-0.3, -0.25) is 4.79 Å². The van der Waals surface area contributed by atoms with Crippen molar-refractivity contribution in [1.29, 1.82) is 0 Å². The molecule has 0 saturated carbocycles. The molecule has 3 aromatic carbocycles. The summed E-state index contributed by atoms with van der Waals surface area (Å²) in [5, 5.41) is 1.38. The Kier molecular flexibility index (Phi) is 6.53. The molecular formula is C30H30N2O5. The van der Waals surface area contributed by atoms with Crippen LogP contribution >= 0.6 is 0 Å². The minimum absolute atomic E-state index is 0.0739. The molecule has 5 rings (SSSR count). The van der Waals surface area contributed by atoms with Gasteiger partial charge in [-0.15, -0.1) is 0 Å². The molecule has 0 bridgehead atoms. The van der Waals surface area contributed by atoms with E-state index in [-0.39, 0.29) is 5.56 Å². The van der Waals surface area contributed by atoms with Crippen LogP contribution in [0.4, 0.5) is 0 Å². The third-order valence-electron chi connectivity index (χ3n) is 6.75. The van der Waals surface area contributed by atoms with Crippen molar-refractivity contribution in [2.24, 2.45) is 0 Å². The lowest BCUT2D eigenvalue weighted by molar-refractivity contribution is 0.327. The third-order valence-corrected chi connectivity index (χ3v) is 6.75. The van der Waals surface area contributed by atoms with Gasteiger partial charge >= 0.3 is 0 Å². The lowest BCUT2D eigenvalue weighted by Gasteiger charge is -2.20. The molecule has 0 spiro atoms. The number of benzene rings is 3. The number of rotatable bonds is 8. The van der Waals surface area contributed by atoms with Crippen LogP contribution in [0.25, 0.3) is 27.5 Å². The zero-order chi connectivity index (χ0) is 26.1. The summed E-state index contributed by atoms with van der Waals surface area (Å²) in [7, 11) is 6.41. The van der Waals surface area contributed by atoms with Crippen molar-refractivity contribution in [3.05, 3.63) is 88.3 Å². The second kappa shape index (κ2) is 9.93. The summed E-state index contributed by atoms with van der Waals surface area (Å²) in [5.74, 6) is 2.21. The predicted octanol–water partition coefficient (Wildman–Crippen LogP) is 5.59. The molecule has 190 valence electrons. The van der Waals surface area contributed by atoms with Crippen LogP contribution in [-0.4, -0.2) is 37.6 Å². The Balaban J connectivity index is 2.01. The fourth-order valence-electron chi connectivity index (χ4n) is 5.11. The van der Waals surface area contributed by atoms with Gasteiger partial charge < -0.3 is 28.1 Å². The fraction of sp³-hybridized carbons (Fsp3) is 0.233. The van der Waals surface area contributed by atoms with Gasteiger partial charge in [0.05, 0.1) is 50.2 Å². The number of methoxy groups -OCH3 is 4. The first-order valence-electron chi connectivity index (χ1n) is 12.1. The maximum atomic E-state index is 13.9. The Morgan fingerprint density at radius 3 is 2.19 bits per heavy atom. The van der Waals surface area contributed by atoms with Gasteiger partial charge in [0, 0.05) is 36.5 Å². The average molecular weight is 499 g/mol. The van der Waals surface area contributed by atoms with E-state index >= 15 is 0 Å². The molecule has 0 aliphatic carbocycles. The summed E-state index contributed by atoms with van der Waals surface area (Å²) in [6.07, 6.45) is 0.634. The smallest absolute Gasteiger partial charge is 0.260 e. The van der Waals surface area contributed by atoms with Crippen molar-refractivity contribution in [2.45, 2.75) is 19.9 Å². The molecule has 0 amide bonds. The van der Waals surface area contributed by atoms with Crippen molar-refractivity contribution in [1.82, 2.24) is 9.13 Å². The largest absolute Gasteiger partial charge is 0.497 e. The highest BCUT2D eigenvalue weighted by molar-refractivity contribution is 6.10. The monoisotopic (exact) mass is 498 g/mol. The molecule has 0 fully saturated rings. The molecule has 2 heterocycles. The maximum absolute atomic E-state index is 13.9. The highest BCUT2D eigenvalue weighted by Crippen LogP contribution is 2.46. The van der Waals surface area contributed by atoms with Crippen molar-refractivity contribution in [2.75, 3.05) is 28.4 Å². The van der Waals surface area contributed by atoms with Gasteiger partial charge in [0.2, 0.25) is 5.75 Å². The van der Waals surface area contributed by atoms with Gasteiger partial charge in [0.25, 0.3) is 5.56 Å². The van der Waals surface area contributed by atoms with Crippen LogP contribution < -0.4 is 24.5 Å². The van der Waals surface area contributed by atoms with Gasteiger partial charge in [0.1, 0.15) is 5.75 Å². The van der Waals surface area contributed by atoms with Crippen molar-refractivity contribution in [3.8, 4) is 28.7 Å². The minimum atomic E-state index is -0.0739. The van der Waals surface area contributed by atoms with E-state index in [0.717, 1.165) is 33.6 Å². The Morgan fingerprint density at radius 2 is 1.54 bits per heavy atom. The standard InChI is InChI=1S/C30H30N2O5/c1-6-31-24-18-25(35-3)28(36-4)29(37-5)26(24)27-23(30(31)33)17-21(15-19-11-8-7-9-12-19)32(27)20-13-10-14-22(16-20)34-2/h7-14,16-18H,6,15H2,1-5H3. The lowest BCUT2D eigenvalue weighted by atomic mass is 10.1. The van der Waals surface area contributed by atoms with E-state index in [1.54, 1.807) is 33.0 Å². The van der Waals surface area contributed by atoms with Crippen LogP contribution in [0.5, 0.6) is 23.0 Å². The number of nitrogens with zero attached hydrogens (tertiary/aromatic N) is 2. The minimum Gasteiger partial charge on any atom is -0.497 e. The zero-order valence-corrected chi connectivity index (χ0v) is 21.7. The summed E-state index contributed by atoms with van der Waals surface area (Å²) in [5.41, 5.74) is 4.38. The fourth-order valence-corrected chi connectivity index (χ4v) is 5.11. The highest BCUT2D eigenvalue weighted by atomic mass is 16.5. The third kappa shape index (κ3) is 3.96. The molecular weight excluding hydrogens is 468 g/mol. The van der Waals surface area contributed by atoms with Gasteiger partial charge in [-0.05, 0) is 30.7 Å². The number of pyridine rings is 1. The highest BCUT2D eigenvalue weighted by Gasteiger charge is 2.26. The van der Waals surface area contributed by atoms with Crippen LogP contribution in [0.1, 0.15) is 18.2 Å². The molecule has 7 heteroatoms. The molecule has 5 aromatic rings. The van der Waals surface area contributed by atoms with Crippen LogP contribution in [0, 0.1) is 0 Å². The van der Waals surface area contributed by atoms with E-state index in [1.165, 1.54) is 0 Å². The molecule has 0 radical (unpaired) electrons. The molecule has 37 heavy (non-hydrogen) atoms. The van der Waals surface area contributed by atoms with E-state index in [9.17, 15) is 4.79 Å². The Bertz CT molecular complexity index is 1650. The summed E-state index contributed by atoms with van der Waals surface area (Å²) < 4.78 is 26.7. The molecule has 0 unspecified atom stereocenters. The number of aromatic nitrogens is 2. The van der Waals surface area contributed by atoms with Crippen molar-refractivity contribution in [3.63, 3.8) is 0 Å². The molecule has 0 aliphatic rings. The first-order valence-corrected chi connectivity index (χ1v) is 12.1. The number of fused-ring (bicyclic) bond motifs is 3. The van der Waals surface area contributed by atoms with Crippen LogP contribution in [-0.2, 0) is 13.0 Å². The van der Waals surface area contributed by atoms with E-state index in [1.807, 2.05) is 61.5 Å². The van der Waals surface area contributed by atoms with E-state index < -0.39 is 0 Å². The maximum Gasteiger partial charge on any atom is 0.260 e. The normalized spacial score (nSPS) is 11.2. The second-order valence-electron chi connectivity index (χ2n) is 8.69. The molecule has 0 saturated heterocycles. The molecule has 2 aromatic heterocycles. The Hall–Kier alpha value is -4.39. The summed E-state index contributed by atoms with van der Waals surface area (Å²) in [4.78, 5) is 13.9. The van der Waals surface area contributed by atoms with Gasteiger partial charge in [-0.2, -0.15) is 0 Å². The van der Waals surface area contributed by atoms with Gasteiger partial charge in [-0.1, -0.05) is 36.4 Å². The predicted molar refractivity (Wildman–Crippen MR) is 146 cm³/mol. The van der Waals surface area contributed by atoms with E-state index in [0.29, 0.717) is 41.1 Å². The average Bonchev–Trinajstić information content (AvgIpc) is 3.31. The number of hydrogen-bond acceptors (Lipinski definition) is 5. The molecule has 0 aliphatic heterocycles. The number of hydrogen-bond donors (Lipinski definition) is 0. The van der Waals surface area contributed by atoms with Gasteiger partial charge in [0.15, 0.2) is 11.5 Å². The second-order valence-corrected chi connectivity index (χ2v) is 8.69. The zero-order valence-electron chi connectivity index (χ0n) is 21.7.